The highest BCUT2D eigenvalue weighted by atomic mass is 32.2. The Labute approximate surface area is 96.0 Å². The Morgan fingerprint density at radius 3 is 2.12 bits per heavy atom. The lowest BCUT2D eigenvalue weighted by Gasteiger charge is -2.06. The van der Waals surface area contributed by atoms with E-state index in [9.17, 15) is 21.6 Å². The third-order valence-corrected chi connectivity index (χ3v) is 3.61. The maximum absolute atomic E-state index is 12.3. The lowest BCUT2D eigenvalue weighted by molar-refractivity contribution is -0.137. The van der Waals surface area contributed by atoms with E-state index in [-0.39, 0.29) is 12.2 Å². The number of rotatable bonds is 1. The predicted molar refractivity (Wildman–Crippen MR) is 56.4 cm³/mol. The topological polar surface area (TPSA) is 46.5 Å². The van der Waals surface area contributed by atoms with E-state index in [0.29, 0.717) is 11.3 Å². The van der Waals surface area contributed by atoms with Gasteiger partial charge in [-0.2, -0.15) is 17.6 Å². The van der Waals surface area contributed by atoms with Crippen LogP contribution in [0.5, 0.6) is 0 Å². The number of sulfonamides is 1. The Bertz CT molecular complexity index is 558. The first kappa shape index (κ1) is 12.1. The first-order valence-corrected chi connectivity index (χ1v) is 6.38. The Hall–Kier alpha value is -1.37. The van der Waals surface area contributed by atoms with E-state index in [1.807, 2.05) is 0 Å². The van der Waals surface area contributed by atoms with E-state index < -0.39 is 21.8 Å². The van der Waals surface area contributed by atoms with E-state index in [4.69, 9.17) is 0 Å². The molecule has 0 atom stereocenters. The van der Waals surface area contributed by atoms with Crippen LogP contribution in [0.25, 0.3) is 0 Å². The number of nitrogens with zero attached hydrogens (tertiary/aromatic N) is 1. The fourth-order valence-electron chi connectivity index (χ4n) is 1.53. The van der Waals surface area contributed by atoms with Crippen LogP contribution in [-0.2, 0) is 16.2 Å². The monoisotopic (exact) mass is 263 g/mol. The third kappa shape index (κ3) is 2.66. The Morgan fingerprint density at radius 1 is 1.12 bits per heavy atom. The first-order valence-electron chi connectivity index (χ1n) is 4.77. The highest BCUT2D eigenvalue weighted by molar-refractivity contribution is 7.90. The molecule has 0 fully saturated rings. The van der Waals surface area contributed by atoms with Crippen molar-refractivity contribution in [3.8, 4) is 0 Å². The van der Waals surface area contributed by atoms with Gasteiger partial charge in [0.15, 0.2) is 0 Å². The Balaban J connectivity index is 2.32. The molecule has 17 heavy (non-hydrogen) atoms. The van der Waals surface area contributed by atoms with Gasteiger partial charge in [0.1, 0.15) is 0 Å². The molecule has 0 amide bonds. The lowest BCUT2D eigenvalue weighted by atomic mass is 10.1. The average molecular weight is 263 g/mol. The van der Waals surface area contributed by atoms with Crippen molar-refractivity contribution in [1.29, 1.82) is 0 Å². The van der Waals surface area contributed by atoms with E-state index in [1.165, 1.54) is 12.1 Å². The molecule has 0 saturated carbocycles. The van der Waals surface area contributed by atoms with E-state index in [1.54, 1.807) is 0 Å². The van der Waals surface area contributed by atoms with Gasteiger partial charge in [-0.15, -0.1) is 0 Å². The predicted octanol–water partition coefficient (Wildman–Crippen LogP) is 2.23. The maximum Gasteiger partial charge on any atom is 0.416 e. The van der Waals surface area contributed by atoms with Crippen molar-refractivity contribution in [2.75, 3.05) is 5.75 Å². The fraction of sp³-hybridized carbons (Fsp3) is 0.300. The standard InChI is InChI=1S/C10H8F3NO2S/c11-10(12,13)8-3-1-7(2-4-8)9-5-6-17(15,16)14-9/h1-4H,5-6H2. The molecule has 0 aliphatic carbocycles. The molecular weight excluding hydrogens is 255 g/mol. The molecule has 0 bridgehead atoms. The molecule has 1 aromatic carbocycles. The molecule has 0 spiro atoms. The second kappa shape index (κ2) is 3.83. The van der Waals surface area contributed by atoms with Gasteiger partial charge in [0.25, 0.3) is 10.0 Å². The molecule has 92 valence electrons. The first-order chi connectivity index (χ1) is 7.78. The van der Waals surface area contributed by atoms with Crippen LogP contribution in [0.4, 0.5) is 13.2 Å². The van der Waals surface area contributed by atoms with Gasteiger partial charge in [-0.05, 0) is 17.7 Å². The van der Waals surface area contributed by atoms with Gasteiger partial charge in [0.2, 0.25) is 0 Å². The van der Waals surface area contributed by atoms with Crippen LogP contribution in [0, 0.1) is 0 Å². The molecule has 1 aliphatic rings. The van der Waals surface area contributed by atoms with Crippen LogP contribution >= 0.6 is 0 Å². The van der Waals surface area contributed by atoms with Crippen LogP contribution in [0.1, 0.15) is 17.5 Å². The minimum Gasteiger partial charge on any atom is -0.205 e. The van der Waals surface area contributed by atoms with Gasteiger partial charge in [-0.3, -0.25) is 0 Å². The highest BCUT2D eigenvalue weighted by Gasteiger charge is 2.30. The van der Waals surface area contributed by atoms with Gasteiger partial charge >= 0.3 is 6.18 Å². The zero-order valence-corrected chi connectivity index (χ0v) is 9.35. The van der Waals surface area contributed by atoms with Crippen molar-refractivity contribution in [3.63, 3.8) is 0 Å². The van der Waals surface area contributed by atoms with Crippen molar-refractivity contribution >= 4 is 15.7 Å². The lowest BCUT2D eigenvalue weighted by Crippen LogP contribution is -2.05. The summed E-state index contributed by atoms with van der Waals surface area (Å²) in [6, 6.07) is 4.32. The van der Waals surface area contributed by atoms with Crippen molar-refractivity contribution in [1.82, 2.24) is 0 Å². The molecule has 0 aromatic heterocycles. The van der Waals surface area contributed by atoms with E-state index in [0.717, 1.165) is 12.1 Å². The summed E-state index contributed by atoms with van der Waals surface area (Å²) in [5.74, 6) is -0.0800. The smallest absolute Gasteiger partial charge is 0.205 e. The summed E-state index contributed by atoms with van der Waals surface area (Å²) in [5, 5.41) is 0. The zero-order valence-electron chi connectivity index (χ0n) is 8.53. The molecule has 3 nitrogen and oxygen atoms in total. The van der Waals surface area contributed by atoms with Crippen molar-refractivity contribution < 1.29 is 21.6 Å². The molecule has 1 aliphatic heterocycles. The van der Waals surface area contributed by atoms with E-state index in [2.05, 4.69) is 4.40 Å². The molecule has 2 rings (SSSR count). The summed E-state index contributed by atoms with van der Waals surface area (Å²) in [7, 11) is -3.42. The van der Waals surface area contributed by atoms with Gasteiger partial charge in [-0.25, -0.2) is 8.42 Å². The second-order valence-corrected chi connectivity index (χ2v) is 5.40. The van der Waals surface area contributed by atoms with Crippen LogP contribution in [-0.4, -0.2) is 19.9 Å². The highest BCUT2D eigenvalue weighted by Crippen LogP contribution is 2.29. The van der Waals surface area contributed by atoms with Gasteiger partial charge < -0.3 is 0 Å². The summed E-state index contributed by atoms with van der Waals surface area (Å²) in [4.78, 5) is 0. The minimum atomic E-state index is -4.39. The van der Waals surface area contributed by atoms with Crippen LogP contribution in [0.3, 0.4) is 0 Å². The molecule has 0 N–H and O–H groups in total. The van der Waals surface area contributed by atoms with E-state index >= 15 is 0 Å². The zero-order chi connectivity index (χ0) is 12.7. The molecule has 7 heteroatoms. The third-order valence-electron chi connectivity index (χ3n) is 2.39. The van der Waals surface area contributed by atoms with Crippen LogP contribution < -0.4 is 0 Å². The van der Waals surface area contributed by atoms with Crippen molar-refractivity contribution in [3.05, 3.63) is 35.4 Å². The maximum atomic E-state index is 12.3. The summed E-state index contributed by atoms with van der Waals surface area (Å²) >= 11 is 0. The SMILES string of the molecule is O=S1(=O)CCC(c2ccc(C(F)(F)F)cc2)=N1. The Morgan fingerprint density at radius 2 is 1.71 bits per heavy atom. The van der Waals surface area contributed by atoms with Gasteiger partial charge in [0, 0.05) is 6.42 Å². The summed E-state index contributed by atoms with van der Waals surface area (Å²) in [6.07, 6.45) is -4.14. The second-order valence-electron chi connectivity index (χ2n) is 3.65. The molecular formula is C10H8F3NO2S. The number of hydrogen-bond acceptors (Lipinski definition) is 2. The summed E-state index contributed by atoms with van der Waals surface area (Å²) < 4.78 is 62.5. The molecule has 1 aromatic rings. The number of benzene rings is 1. The average Bonchev–Trinajstić information content (AvgIpc) is 2.58. The molecule has 0 radical (unpaired) electrons. The Kier molecular flexibility index (Phi) is 2.73. The number of alkyl halides is 3. The quantitative estimate of drug-likeness (QED) is 0.780. The van der Waals surface area contributed by atoms with Crippen molar-refractivity contribution in [2.24, 2.45) is 4.40 Å². The van der Waals surface area contributed by atoms with Crippen molar-refractivity contribution in [2.45, 2.75) is 12.6 Å². The fourth-order valence-corrected chi connectivity index (χ4v) is 2.61. The number of halogens is 3. The normalized spacial score (nSPS) is 19.1. The summed E-state index contributed by atoms with van der Waals surface area (Å²) in [5.41, 5.74) is -0.0273. The van der Waals surface area contributed by atoms with Crippen LogP contribution in [0.2, 0.25) is 0 Å². The molecule has 0 saturated heterocycles. The molecule has 1 heterocycles. The van der Waals surface area contributed by atoms with Gasteiger partial charge in [-0.1, -0.05) is 12.1 Å². The molecule has 0 unspecified atom stereocenters. The van der Waals surface area contributed by atoms with Crippen LogP contribution in [0.15, 0.2) is 28.7 Å². The largest absolute Gasteiger partial charge is 0.416 e. The summed E-state index contributed by atoms with van der Waals surface area (Å²) in [6.45, 7) is 0. The minimum absolute atomic E-state index is 0.0800. The number of hydrogen-bond donors (Lipinski definition) is 0. The van der Waals surface area contributed by atoms with Gasteiger partial charge in [0.05, 0.1) is 17.0 Å².